The van der Waals surface area contributed by atoms with E-state index >= 15 is 0 Å². The molecule has 0 unspecified atom stereocenters. The van der Waals surface area contributed by atoms with Crippen molar-refractivity contribution in [1.29, 1.82) is 0 Å². The number of pyridine rings is 1. The molecule has 0 aliphatic rings. The molecular formula is C21H18N2O3S. The molecule has 136 valence electrons. The van der Waals surface area contributed by atoms with E-state index in [0.717, 1.165) is 16.2 Å². The number of methoxy groups -OCH3 is 1. The summed E-state index contributed by atoms with van der Waals surface area (Å²) in [6, 6.07) is 18.0. The topological polar surface area (TPSA) is 68.3 Å². The van der Waals surface area contributed by atoms with E-state index in [1.54, 1.807) is 54.4 Å². The number of anilines is 1. The smallest absolute Gasteiger partial charge is 0.337 e. The van der Waals surface area contributed by atoms with E-state index < -0.39 is 5.97 Å². The Balaban J connectivity index is 1.58. The summed E-state index contributed by atoms with van der Waals surface area (Å²) in [7, 11) is 1.33. The molecule has 27 heavy (non-hydrogen) atoms. The second kappa shape index (κ2) is 9.00. The number of nitrogens with one attached hydrogen (secondary N) is 1. The van der Waals surface area contributed by atoms with Crippen molar-refractivity contribution in [2.75, 3.05) is 12.4 Å². The summed E-state index contributed by atoms with van der Waals surface area (Å²) in [5.41, 5.74) is 2.77. The van der Waals surface area contributed by atoms with Crippen LogP contribution in [0.3, 0.4) is 0 Å². The van der Waals surface area contributed by atoms with Crippen molar-refractivity contribution in [2.24, 2.45) is 0 Å². The third-order valence-electron chi connectivity index (χ3n) is 3.81. The predicted molar refractivity (Wildman–Crippen MR) is 106 cm³/mol. The van der Waals surface area contributed by atoms with Gasteiger partial charge in [-0.15, -0.1) is 11.8 Å². The summed E-state index contributed by atoms with van der Waals surface area (Å²) in [6.45, 7) is 0. The first-order valence-electron chi connectivity index (χ1n) is 8.27. The lowest BCUT2D eigenvalue weighted by molar-refractivity contribution is 0.0600. The number of nitrogens with zero attached hydrogens (tertiary/aromatic N) is 1. The van der Waals surface area contributed by atoms with E-state index in [2.05, 4.69) is 15.0 Å². The van der Waals surface area contributed by atoms with Crippen molar-refractivity contribution >= 4 is 29.3 Å². The summed E-state index contributed by atoms with van der Waals surface area (Å²) < 4.78 is 4.65. The number of thioether (sulfide) groups is 1. The highest BCUT2D eigenvalue weighted by atomic mass is 32.2. The zero-order valence-corrected chi connectivity index (χ0v) is 15.5. The molecular weight excluding hydrogens is 360 g/mol. The number of amides is 1. The first-order valence-corrected chi connectivity index (χ1v) is 9.26. The van der Waals surface area contributed by atoms with Gasteiger partial charge in [-0.3, -0.25) is 9.78 Å². The Morgan fingerprint density at radius 1 is 1.00 bits per heavy atom. The molecule has 0 saturated heterocycles. The molecule has 0 aliphatic heterocycles. The summed E-state index contributed by atoms with van der Waals surface area (Å²) in [6.07, 6.45) is 3.60. The number of hydrogen-bond donors (Lipinski definition) is 1. The molecule has 1 N–H and O–H groups in total. The minimum absolute atomic E-state index is 0.204. The average molecular weight is 378 g/mol. The van der Waals surface area contributed by atoms with Gasteiger partial charge in [0.15, 0.2) is 0 Å². The second-order valence-electron chi connectivity index (χ2n) is 5.70. The van der Waals surface area contributed by atoms with Gasteiger partial charge < -0.3 is 10.1 Å². The number of benzene rings is 2. The van der Waals surface area contributed by atoms with E-state index in [1.165, 1.54) is 7.11 Å². The highest BCUT2D eigenvalue weighted by molar-refractivity contribution is 7.98. The minimum atomic E-state index is -0.410. The summed E-state index contributed by atoms with van der Waals surface area (Å²) in [4.78, 5) is 29.0. The molecule has 0 fully saturated rings. The van der Waals surface area contributed by atoms with Crippen molar-refractivity contribution in [3.8, 4) is 0 Å². The molecule has 3 rings (SSSR count). The van der Waals surface area contributed by atoms with E-state index in [4.69, 9.17) is 0 Å². The number of esters is 1. The monoisotopic (exact) mass is 378 g/mol. The van der Waals surface area contributed by atoms with E-state index in [0.29, 0.717) is 16.8 Å². The number of ether oxygens (including phenoxy) is 1. The number of carbonyl (C=O) groups is 2. The molecule has 0 radical (unpaired) electrons. The fourth-order valence-electron chi connectivity index (χ4n) is 2.36. The maximum absolute atomic E-state index is 12.4. The van der Waals surface area contributed by atoms with Gasteiger partial charge in [0.1, 0.15) is 0 Å². The van der Waals surface area contributed by atoms with Gasteiger partial charge in [-0.2, -0.15) is 0 Å². The van der Waals surface area contributed by atoms with Gasteiger partial charge in [0.2, 0.25) is 0 Å². The molecule has 1 amide bonds. The third-order valence-corrected chi connectivity index (χ3v) is 4.89. The number of rotatable bonds is 6. The number of hydrogen-bond acceptors (Lipinski definition) is 5. The number of aromatic nitrogens is 1. The zero-order chi connectivity index (χ0) is 19.1. The largest absolute Gasteiger partial charge is 0.465 e. The molecule has 2 aromatic carbocycles. The Kier molecular flexibility index (Phi) is 6.22. The minimum Gasteiger partial charge on any atom is -0.465 e. The molecule has 0 saturated carbocycles. The highest BCUT2D eigenvalue weighted by Gasteiger charge is 2.08. The zero-order valence-electron chi connectivity index (χ0n) is 14.7. The van der Waals surface area contributed by atoms with Crippen LogP contribution in [0.1, 0.15) is 26.3 Å². The Labute approximate surface area is 161 Å². The quantitative estimate of drug-likeness (QED) is 0.508. The van der Waals surface area contributed by atoms with Gasteiger partial charge in [0.05, 0.1) is 12.7 Å². The molecule has 6 heteroatoms. The molecule has 3 aromatic rings. The van der Waals surface area contributed by atoms with E-state index in [1.807, 2.05) is 30.5 Å². The van der Waals surface area contributed by atoms with Crippen LogP contribution in [0.25, 0.3) is 0 Å². The molecule has 0 aliphatic carbocycles. The van der Waals surface area contributed by atoms with Gasteiger partial charge in [0, 0.05) is 34.3 Å². The third kappa shape index (κ3) is 5.18. The first kappa shape index (κ1) is 18.7. The van der Waals surface area contributed by atoms with Crippen molar-refractivity contribution in [1.82, 2.24) is 4.98 Å². The fourth-order valence-corrected chi connectivity index (χ4v) is 3.20. The summed E-state index contributed by atoms with van der Waals surface area (Å²) >= 11 is 1.69. The highest BCUT2D eigenvalue weighted by Crippen LogP contribution is 2.23. The normalized spacial score (nSPS) is 10.3. The summed E-state index contributed by atoms with van der Waals surface area (Å²) in [5, 5.41) is 2.81. The molecule has 1 aromatic heterocycles. The Morgan fingerprint density at radius 3 is 2.33 bits per heavy atom. The van der Waals surface area contributed by atoms with Crippen LogP contribution in [0, 0.1) is 0 Å². The SMILES string of the molecule is COC(=O)c1ccc(NC(=O)c2ccc(SCc3cccnc3)cc2)cc1. The number of carbonyl (C=O) groups excluding carboxylic acids is 2. The molecule has 0 bridgehead atoms. The Bertz CT molecular complexity index is 910. The molecule has 1 heterocycles. The van der Waals surface area contributed by atoms with Crippen LogP contribution in [-0.4, -0.2) is 24.0 Å². The van der Waals surface area contributed by atoms with Crippen LogP contribution in [0.5, 0.6) is 0 Å². The Hall–Kier alpha value is -3.12. The van der Waals surface area contributed by atoms with Gasteiger partial charge in [-0.1, -0.05) is 6.07 Å². The van der Waals surface area contributed by atoms with Gasteiger partial charge in [-0.05, 0) is 60.2 Å². The van der Waals surface area contributed by atoms with Crippen LogP contribution < -0.4 is 5.32 Å². The summed E-state index contributed by atoms with van der Waals surface area (Å²) in [5.74, 6) is 0.211. The van der Waals surface area contributed by atoms with Crippen LogP contribution >= 0.6 is 11.8 Å². The Morgan fingerprint density at radius 2 is 1.70 bits per heavy atom. The van der Waals surface area contributed by atoms with Crippen molar-refractivity contribution < 1.29 is 14.3 Å². The molecule has 0 spiro atoms. The van der Waals surface area contributed by atoms with Gasteiger partial charge in [0.25, 0.3) is 5.91 Å². The maximum Gasteiger partial charge on any atom is 0.337 e. The van der Waals surface area contributed by atoms with Gasteiger partial charge in [-0.25, -0.2) is 4.79 Å². The van der Waals surface area contributed by atoms with Crippen LogP contribution in [0.4, 0.5) is 5.69 Å². The van der Waals surface area contributed by atoms with Gasteiger partial charge >= 0.3 is 5.97 Å². The second-order valence-corrected chi connectivity index (χ2v) is 6.75. The van der Waals surface area contributed by atoms with Crippen LogP contribution in [0.15, 0.2) is 78.0 Å². The average Bonchev–Trinajstić information content (AvgIpc) is 2.73. The lowest BCUT2D eigenvalue weighted by Crippen LogP contribution is -2.12. The lowest BCUT2D eigenvalue weighted by Gasteiger charge is -2.07. The lowest BCUT2D eigenvalue weighted by atomic mass is 10.2. The molecule has 5 nitrogen and oxygen atoms in total. The van der Waals surface area contributed by atoms with Crippen LogP contribution in [0.2, 0.25) is 0 Å². The maximum atomic E-state index is 12.4. The van der Waals surface area contributed by atoms with Crippen LogP contribution in [-0.2, 0) is 10.5 Å². The van der Waals surface area contributed by atoms with Crippen molar-refractivity contribution in [2.45, 2.75) is 10.6 Å². The van der Waals surface area contributed by atoms with Crippen molar-refractivity contribution in [3.05, 3.63) is 89.7 Å². The van der Waals surface area contributed by atoms with E-state index in [-0.39, 0.29) is 5.91 Å². The fraction of sp³-hybridized carbons (Fsp3) is 0.0952. The molecule has 0 atom stereocenters. The van der Waals surface area contributed by atoms with E-state index in [9.17, 15) is 9.59 Å². The predicted octanol–water partition coefficient (Wildman–Crippen LogP) is 4.41. The standard InChI is InChI=1S/C21H18N2O3S/c1-26-21(25)17-4-8-18(9-5-17)23-20(24)16-6-10-19(11-7-16)27-14-15-3-2-12-22-13-15/h2-13H,14H2,1H3,(H,23,24). The first-order chi connectivity index (χ1) is 13.2. The van der Waals surface area contributed by atoms with Crippen molar-refractivity contribution in [3.63, 3.8) is 0 Å².